The maximum atomic E-state index is 12.5. The van der Waals surface area contributed by atoms with Crippen molar-refractivity contribution in [1.29, 1.82) is 0 Å². The van der Waals surface area contributed by atoms with Gasteiger partial charge in [0.15, 0.2) is 11.2 Å². The molecule has 4 aromatic rings. The number of ether oxygens (including phenoxy) is 1. The van der Waals surface area contributed by atoms with E-state index in [0.29, 0.717) is 10.6 Å². The van der Waals surface area contributed by atoms with Crippen molar-refractivity contribution in [2.75, 3.05) is 11.4 Å². The van der Waals surface area contributed by atoms with Gasteiger partial charge in [-0.15, -0.1) is 0 Å². The third-order valence-electron chi connectivity index (χ3n) is 6.29. The molecule has 1 N–H and O–H groups in total. The van der Waals surface area contributed by atoms with Crippen molar-refractivity contribution >= 4 is 44.3 Å². The lowest BCUT2D eigenvalue weighted by atomic mass is 9.91. The number of thiazole rings is 1. The van der Waals surface area contributed by atoms with Crippen molar-refractivity contribution in [2.45, 2.75) is 52.4 Å². The number of pyridine rings is 1. The zero-order chi connectivity index (χ0) is 25.6. The molecule has 0 aliphatic carbocycles. The zero-order valence-electron chi connectivity index (χ0n) is 20.7. The molecule has 36 heavy (non-hydrogen) atoms. The number of rotatable bonds is 5. The number of benzene rings is 2. The van der Waals surface area contributed by atoms with Crippen molar-refractivity contribution in [3.63, 3.8) is 0 Å². The van der Waals surface area contributed by atoms with Crippen LogP contribution in [0.15, 0.2) is 48.8 Å². The first kappa shape index (κ1) is 24.7. The van der Waals surface area contributed by atoms with Crippen LogP contribution in [0.3, 0.4) is 0 Å². The van der Waals surface area contributed by atoms with Crippen LogP contribution in [0.1, 0.15) is 49.1 Å². The molecule has 2 aromatic carbocycles. The Morgan fingerprint density at radius 3 is 2.64 bits per heavy atom. The van der Waals surface area contributed by atoms with Gasteiger partial charge in [-0.3, -0.25) is 4.98 Å². The molecular weight excluding hydrogens is 494 g/mol. The number of anilines is 1. The van der Waals surface area contributed by atoms with E-state index in [-0.39, 0.29) is 0 Å². The molecule has 8 heteroatoms. The van der Waals surface area contributed by atoms with Crippen LogP contribution in [-0.4, -0.2) is 33.2 Å². The van der Waals surface area contributed by atoms with Crippen molar-refractivity contribution in [1.82, 2.24) is 9.97 Å². The highest BCUT2D eigenvalue weighted by atomic mass is 35.5. The average Bonchev–Trinajstić information content (AvgIpc) is 3.25. The van der Waals surface area contributed by atoms with Crippen molar-refractivity contribution in [3.8, 4) is 11.1 Å². The minimum absolute atomic E-state index is 0.622. The van der Waals surface area contributed by atoms with E-state index >= 15 is 0 Å². The van der Waals surface area contributed by atoms with Gasteiger partial charge in [-0.05, 0) is 80.6 Å². The second-order valence-electron chi connectivity index (χ2n) is 10.1. The number of fused-ring (bicyclic) bond motifs is 2. The fraction of sp³-hybridized carbons (Fsp3) is 0.321. The number of halogens is 1. The van der Waals surface area contributed by atoms with Gasteiger partial charge in [0.1, 0.15) is 0 Å². The number of carbonyl (C=O) groups is 1. The predicted molar refractivity (Wildman–Crippen MR) is 145 cm³/mol. The van der Waals surface area contributed by atoms with E-state index in [1.165, 1.54) is 11.1 Å². The van der Waals surface area contributed by atoms with Crippen LogP contribution in [-0.2, 0) is 22.5 Å². The smallest absolute Gasteiger partial charge is 0.337 e. The number of aromatic nitrogens is 2. The third-order valence-corrected chi connectivity index (χ3v) is 7.70. The molecule has 1 aliphatic rings. The normalized spacial score (nSPS) is 14.6. The maximum absolute atomic E-state index is 12.5. The summed E-state index contributed by atoms with van der Waals surface area (Å²) in [6, 6.07) is 11.6. The van der Waals surface area contributed by atoms with Gasteiger partial charge >= 0.3 is 5.97 Å². The molecule has 3 heterocycles. The maximum Gasteiger partial charge on any atom is 0.337 e. The number of nitrogens with zero attached hydrogens (tertiary/aromatic N) is 3. The molecule has 0 radical (unpaired) electrons. The molecule has 186 valence electrons. The van der Waals surface area contributed by atoms with Gasteiger partial charge < -0.3 is 14.7 Å². The second kappa shape index (κ2) is 9.47. The quantitative estimate of drug-likeness (QED) is 0.310. The molecule has 5 rings (SSSR count). The fourth-order valence-electron chi connectivity index (χ4n) is 4.70. The fourth-order valence-corrected chi connectivity index (χ4v) is 5.98. The summed E-state index contributed by atoms with van der Waals surface area (Å²) in [6.45, 7) is 9.16. The summed E-state index contributed by atoms with van der Waals surface area (Å²) in [5.41, 5.74) is 5.95. The molecule has 2 aromatic heterocycles. The molecule has 1 unspecified atom stereocenters. The summed E-state index contributed by atoms with van der Waals surface area (Å²) < 4.78 is 7.05. The first-order valence-corrected chi connectivity index (χ1v) is 13.1. The highest BCUT2D eigenvalue weighted by Gasteiger charge is 2.32. The van der Waals surface area contributed by atoms with Gasteiger partial charge in [-0.2, -0.15) is 0 Å². The lowest BCUT2D eigenvalue weighted by Gasteiger charge is -2.28. The number of aliphatic carboxylic acids is 1. The van der Waals surface area contributed by atoms with Crippen LogP contribution in [0.2, 0.25) is 5.02 Å². The lowest BCUT2D eigenvalue weighted by molar-refractivity contribution is -0.160. The van der Waals surface area contributed by atoms with Crippen molar-refractivity contribution in [2.24, 2.45) is 0 Å². The van der Waals surface area contributed by atoms with E-state index < -0.39 is 17.7 Å². The van der Waals surface area contributed by atoms with E-state index in [9.17, 15) is 9.90 Å². The zero-order valence-corrected chi connectivity index (χ0v) is 22.3. The number of aryl methyl sites for hydroxylation is 1. The van der Waals surface area contributed by atoms with E-state index in [0.717, 1.165) is 51.5 Å². The molecular formula is C28H28ClN3O3S. The van der Waals surface area contributed by atoms with Gasteiger partial charge in [0.2, 0.25) is 0 Å². The van der Waals surface area contributed by atoms with E-state index in [1.807, 2.05) is 70.4 Å². The average molecular weight is 522 g/mol. The van der Waals surface area contributed by atoms with E-state index in [2.05, 4.69) is 16.0 Å². The Hall–Kier alpha value is -3.00. The third kappa shape index (κ3) is 4.83. The summed E-state index contributed by atoms with van der Waals surface area (Å²) >= 11 is 7.79. The largest absolute Gasteiger partial charge is 0.479 e. The summed E-state index contributed by atoms with van der Waals surface area (Å²) in [5.74, 6) is -1.02. The Kier molecular flexibility index (Phi) is 6.49. The molecule has 0 saturated carbocycles. The molecule has 0 spiro atoms. The number of carboxylic acid groups (broad SMARTS) is 1. The highest BCUT2D eigenvalue weighted by molar-refractivity contribution is 7.22. The Bertz CT molecular complexity index is 1440. The second-order valence-corrected chi connectivity index (χ2v) is 11.5. The summed E-state index contributed by atoms with van der Waals surface area (Å²) in [7, 11) is 0. The minimum Gasteiger partial charge on any atom is -0.479 e. The SMILES string of the molecule is Cc1cc2nc(N3CCc4cnccc4C3)sc2c(-c2ccc(Cl)cc2)c1C(OC(C)(C)C)C(=O)O. The van der Waals surface area contributed by atoms with Gasteiger partial charge in [-0.1, -0.05) is 35.1 Å². The number of hydrogen-bond donors (Lipinski definition) is 1. The van der Waals surface area contributed by atoms with Crippen LogP contribution in [0, 0.1) is 6.92 Å². The van der Waals surface area contributed by atoms with Crippen LogP contribution >= 0.6 is 22.9 Å². The molecule has 0 amide bonds. The van der Waals surface area contributed by atoms with E-state index in [4.69, 9.17) is 21.3 Å². The summed E-state index contributed by atoms with van der Waals surface area (Å²) in [5, 5.41) is 11.8. The van der Waals surface area contributed by atoms with Crippen LogP contribution in [0.25, 0.3) is 21.3 Å². The molecule has 0 bridgehead atoms. The van der Waals surface area contributed by atoms with Gasteiger partial charge in [-0.25, -0.2) is 9.78 Å². The molecule has 6 nitrogen and oxygen atoms in total. The van der Waals surface area contributed by atoms with Gasteiger partial charge in [0, 0.05) is 41.6 Å². The first-order valence-electron chi connectivity index (χ1n) is 11.9. The van der Waals surface area contributed by atoms with Gasteiger partial charge in [0.25, 0.3) is 0 Å². The number of hydrogen-bond acceptors (Lipinski definition) is 6. The molecule has 1 aliphatic heterocycles. The minimum atomic E-state index is -1.13. The van der Waals surface area contributed by atoms with Crippen molar-refractivity contribution < 1.29 is 14.6 Å². The standard InChI is InChI=1S/C28H28ClN3O3S/c1-16-13-21-25(36-27(31-21)32-12-10-18-14-30-11-9-19(18)15-32)23(17-5-7-20(29)8-6-17)22(16)24(26(33)34)35-28(2,3)4/h5-9,11,13-14,24H,10,12,15H2,1-4H3,(H,33,34). The summed E-state index contributed by atoms with van der Waals surface area (Å²) in [6.07, 6.45) is 3.56. The topological polar surface area (TPSA) is 75.5 Å². The Morgan fingerprint density at radius 1 is 1.19 bits per heavy atom. The molecule has 0 saturated heterocycles. The molecule has 0 fully saturated rings. The molecule has 1 atom stereocenters. The summed E-state index contributed by atoms with van der Waals surface area (Å²) in [4.78, 5) is 24.1. The predicted octanol–water partition coefficient (Wildman–Crippen LogP) is 6.82. The van der Waals surface area contributed by atoms with Gasteiger partial charge in [0.05, 0.1) is 15.8 Å². The van der Waals surface area contributed by atoms with Crippen LogP contribution in [0.4, 0.5) is 5.13 Å². The Balaban J connectivity index is 1.69. The van der Waals surface area contributed by atoms with Crippen molar-refractivity contribution in [3.05, 3.63) is 76.1 Å². The highest BCUT2D eigenvalue weighted by Crippen LogP contribution is 2.44. The van der Waals surface area contributed by atoms with E-state index in [1.54, 1.807) is 11.3 Å². The first-order chi connectivity index (χ1) is 17.1. The van der Waals surface area contributed by atoms with Crippen LogP contribution in [0.5, 0.6) is 0 Å². The monoisotopic (exact) mass is 521 g/mol. The Morgan fingerprint density at radius 2 is 1.94 bits per heavy atom. The lowest BCUT2D eigenvalue weighted by Crippen LogP contribution is -2.30. The number of carboxylic acids is 1. The van der Waals surface area contributed by atoms with Crippen LogP contribution < -0.4 is 4.90 Å². The Labute approximate surface area is 219 Å².